The fraction of sp³-hybridized carbons (Fsp3) is 0.588. The second kappa shape index (κ2) is 5.57. The highest BCUT2D eigenvalue weighted by Crippen LogP contribution is 2.29. The standard InChI is InChI=1S/C17H25NO2/c1-12-11-15(20-5)13(2)10-14(12)16(19)17(3,4)18-8-6-7-9-18/h10-11H,6-9H2,1-5H3. The van der Waals surface area contributed by atoms with Crippen molar-refractivity contribution in [2.45, 2.75) is 46.1 Å². The average molecular weight is 275 g/mol. The molecule has 20 heavy (non-hydrogen) atoms. The molecule has 0 atom stereocenters. The number of carbonyl (C=O) groups is 1. The molecule has 1 saturated heterocycles. The van der Waals surface area contributed by atoms with Crippen LogP contribution in [0.3, 0.4) is 0 Å². The fourth-order valence-corrected chi connectivity index (χ4v) is 3.00. The van der Waals surface area contributed by atoms with E-state index in [4.69, 9.17) is 4.74 Å². The molecule has 0 unspecified atom stereocenters. The first-order chi connectivity index (χ1) is 9.37. The third-order valence-electron chi connectivity index (χ3n) is 4.44. The van der Waals surface area contributed by atoms with Crippen LogP contribution in [0, 0.1) is 13.8 Å². The monoisotopic (exact) mass is 275 g/mol. The molecule has 110 valence electrons. The van der Waals surface area contributed by atoms with Gasteiger partial charge >= 0.3 is 0 Å². The highest BCUT2D eigenvalue weighted by Gasteiger charge is 2.37. The molecule has 0 spiro atoms. The second-order valence-corrected chi connectivity index (χ2v) is 6.22. The predicted octanol–water partition coefficient (Wildman–Crippen LogP) is 3.37. The topological polar surface area (TPSA) is 29.5 Å². The van der Waals surface area contributed by atoms with Crippen molar-refractivity contribution in [3.8, 4) is 5.75 Å². The summed E-state index contributed by atoms with van der Waals surface area (Å²) in [6.45, 7) is 10.1. The number of methoxy groups -OCH3 is 1. The number of benzene rings is 1. The Balaban J connectivity index is 2.35. The first-order valence-electron chi connectivity index (χ1n) is 7.33. The molecule has 0 aromatic heterocycles. The molecule has 1 fully saturated rings. The average Bonchev–Trinajstić information content (AvgIpc) is 2.94. The molecule has 1 aliphatic rings. The minimum atomic E-state index is -0.428. The minimum absolute atomic E-state index is 0.211. The Morgan fingerprint density at radius 1 is 1.15 bits per heavy atom. The van der Waals surface area contributed by atoms with Crippen LogP contribution in [-0.2, 0) is 0 Å². The van der Waals surface area contributed by atoms with E-state index in [9.17, 15) is 4.79 Å². The lowest BCUT2D eigenvalue weighted by molar-refractivity contribution is 0.0702. The zero-order chi connectivity index (χ0) is 14.9. The molecule has 0 saturated carbocycles. The van der Waals surface area contributed by atoms with Gasteiger partial charge in [0, 0.05) is 5.56 Å². The van der Waals surface area contributed by atoms with Gasteiger partial charge < -0.3 is 4.74 Å². The van der Waals surface area contributed by atoms with E-state index < -0.39 is 5.54 Å². The number of nitrogens with zero attached hydrogens (tertiary/aromatic N) is 1. The van der Waals surface area contributed by atoms with Gasteiger partial charge in [-0.3, -0.25) is 9.69 Å². The van der Waals surface area contributed by atoms with Crippen molar-refractivity contribution in [3.63, 3.8) is 0 Å². The largest absolute Gasteiger partial charge is 0.496 e. The summed E-state index contributed by atoms with van der Waals surface area (Å²) in [5, 5.41) is 0. The molecule has 1 aliphatic heterocycles. The van der Waals surface area contributed by atoms with Crippen LogP contribution in [-0.4, -0.2) is 36.4 Å². The molecule has 0 amide bonds. The third kappa shape index (κ3) is 2.59. The normalized spacial score (nSPS) is 16.4. The number of ether oxygens (including phenoxy) is 1. The maximum absolute atomic E-state index is 12.9. The first-order valence-corrected chi connectivity index (χ1v) is 7.33. The van der Waals surface area contributed by atoms with E-state index in [1.807, 2.05) is 39.8 Å². The predicted molar refractivity (Wildman–Crippen MR) is 81.7 cm³/mol. The van der Waals surface area contributed by atoms with Crippen molar-refractivity contribution >= 4 is 5.78 Å². The number of ketones is 1. The molecular formula is C17H25NO2. The highest BCUT2D eigenvalue weighted by atomic mass is 16.5. The SMILES string of the molecule is COc1cc(C)c(C(=O)C(C)(C)N2CCCC2)cc1C. The Bertz CT molecular complexity index is 514. The highest BCUT2D eigenvalue weighted by molar-refractivity contribution is 6.04. The zero-order valence-electron chi connectivity index (χ0n) is 13.2. The number of Topliss-reactive ketones (excluding diaryl/α,β-unsaturated/α-hetero) is 1. The van der Waals surface area contributed by atoms with Gasteiger partial charge in [-0.25, -0.2) is 0 Å². The number of likely N-dealkylation sites (tertiary alicyclic amines) is 1. The first kappa shape index (κ1) is 15.0. The summed E-state index contributed by atoms with van der Waals surface area (Å²) in [4.78, 5) is 15.2. The Morgan fingerprint density at radius 2 is 1.75 bits per heavy atom. The van der Waals surface area contributed by atoms with Crippen LogP contribution in [0.15, 0.2) is 12.1 Å². The Kier molecular flexibility index (Phi) is 4.19. The molecule has 0 bridgehead atoms. The van der Waals surface area contributed by atoms with E-state index in [0.717, 1.165) is 35.5 Å². The summed E-state index contributed by atoms with van der Waals surface area (Å²) < 4.78 is 5.32. The molecule has 2 rings (SSSR count). The summed E-state index contributed by atoms with van der Waals surface area (Å²) in [5.41, 5.74) is 2.39. The van der Waals surface area contributed by atoms with E-state index in [1.165, 1.54) is 12.8 Å². The lowest BCUT2D eigenvalue weighted by Gasteiger charge is -2.34. The van der Waals surface area contributed by atoms with Gasteiger partial charge in [0.2, 0.25) is 0 Å². The van der Waals surface area contributed by atoms with Crippen molar-refractivity contribution in [1.82, 2.24) is 4.90 Å². The van der Waals surface area contributed by atoms with Gasteiger partial charge in [0.25, 0.3) is 0 Å². The Labute approximate surface area is 121 Å². The van der Waals surface area contributed by atoms with Crippen molar-refractivity contribution in [2.75, 3.05) is 20.2 Å². The minimum Gasteiger partial charge on any atom is -0.496 e. The Hall–Kier alpha value is -1.35. The van der Waals surface area contributed by atoms with E-state index in [1.54, 1.807) is 7.11 Å². The van der Waals surface area contributed by atoms with Crippen LogP contribution < -0.4 is 4.74 Å². The molecule has 1 aromatic carbocycles. The maximum Gasteiger partial charge on any atom is 0.182 e. The van der Waals surface area contributed by atoms with Gasteiger partial charge in [0.05, 0.1) is 12.6 Å². The molecular weight excluding hydrogens is 250 g/mol. The smallest absolute Gasteiger partial charge is 0.182 e. The number of hydrogen-bond donors (Lipinski definition) is 0. The molecule has 0 aliphatic carbocycles. The van der Waals surface area contributed by atoms with Gasteiger partial charge in [0.15, 0.2) is 5.78 Å². The molecule has 1 heterocycles. The van der Waals surface area contributed by atoms with E-state index >= 15 is 0 Å². The fourth-order valence-electron chi connectivity index (χ4n) is 3.00. The van der Waals surface area contributed by atoms with Gasteiger partial charge in [-0.15, -0.1) is 0 Å². The molecule has 0 radical (unpaired) electrons. The van der Waals surface area contributed by atoms with Crippen molar-refractivity contribution < 1.29 is 9.53 Å². The summed E-state index contributed by atoms with van der Waals surface area (Å²) >= 11 is 0. The number of hydrogen-bond acceptors (Lipinski definition) is 3. The maximum atomic E-state index is 12.9. The zero-order valence-corrected chi connectivity index (χ0v) is 13.2. The summed E-state index contributed by atoms with van der Waals surface area (Å²) in [7, 11) is 1.66. The lowest BCUT2D eigenvalue weighted by Crippen LogP contribution is -2.48. The Morgan fingerprint density at radius 3 is 2.30 bits per heavy atom. The van der Waals surface area contributed by atoms with Crippen molar-refractivity contribution in [3.05, 3.63) is 28.8 Å². The number of rotatable bonds is 4. The van der Waals surface area contributed by atoms with Crippen molar-refractivity contribution in [2.24, 2.45) is 0 Å². The number of aryl methyl sites for hydroxylation is 2. The molecule has 3 nitrogen and oxygen atoms in total. The summed E-state index contributed by atoms with van der Waals surface area (Å²) in [6, 6.07) is 3.93. The van der Waals surface area contributed by atoms with Crippen LogP contribution in [0.2, 0.25) is 0 Å². The molecule has 1 aromatic rings. The molecule has 3 heteroatoms. The van der Waals surface area contributed by atoms with Crippen LogP contribution in [0.5, 0.6) is 5.75 Å². The van der Waals surface area contributed by atoms with E-state index in [-0.39, 0.29) is 5.78 Å². The van der Waals surface area contributed by atoms with Gasteiger partial charge in [-0.05, 0) is 76.9 Å². The van der Waals surface area contributed by atoms with E-state index in [0.29, 0.717) is 0 Å². The third-order valence-corrected chi connectivity index (χ3v) is 4.44. The van der Waals surface area contributed by atoms with Crippen molar-refractivity contribution in [1.29, 1.82) is 0 Å². The quantitative estimate of drug-likeness (QED) is 0.789. The summed E-state index contributed by atoms with van der Waals surface area (Å²) in [6.07, 6.45) is 2.38. The van der Waals surface area contributed by atoms with Gasteiger partial charge in [-0.2, -0.15) is 0 Å². The molecule has 0 N–H and O–H groups in total. The lowest BCUT2D eigenvalue weighted by atomic mass is 9.88. The van der Waals surface area contributed by atoms with Crippen LogP contribution in [0.25, 0.3) is 0 Å². The van der Waals surface area contributed by atoms with E-state index in [2.05, 4.69) is 4.90 Å². The second-order valence-electron chi connectivity index (χ2n) is 6.22. The van der Waals surface area contributed by atoms with Crippen LogP contribution in [0.4, 0.5) is 0 Å². The van der Waals surface area contributed by atoms with Crippen LogP contribution in [0.1, 0.15) is 48.2 Å². The van der Waals surface area contributed by atoms with Gasteiger partial charge in [-0.1, -0.05) is 0 Å². The van der Waals surface area contributed by atoms with Crippen LogP contribution >= 0.6 is 0 Å². The summed E-state index contributed by atoms with van der Waals surface area (Å²) in [5.74, 6) is 1.06. The van der Waals surface area contributed by atoms with Gasteiger partial charge in [0.1, 0.15) is 5.75 Å². The number of carbonyl (C=O) groups excluding carboxylic acids is 1.